The molecule has 0 aliphatic heterocycles. The minimum atomic E-state index is -4.01. The fourth-order valence-corrected chi connectivity index (χ4v) is 4.77. The van der Waals surface area contributed by atoms with Crippen molar-refractivity contribution < 1.29 is 18.0 Å². The number of benzene rings is 2. The molecule has 11 heteroatoms. The van der Waals surface area contributed by atoms with Crippen molar-refractivity contribution >= 4 is 50.9 Å². The highest BCUT2D eigenvalue weighted by molar-refractivity contribution is 7.90. The highest BCUT2D eigenvalue weighted by Gasteiger charge is 2.33. The van der Waals surface area contributed by atoms with E-state index in [2.05, 4.69) is 5.32 Å². The predicted octanol–water partition coefficient (Wildman–Crippen LogP) is 3.80. The van der Waals surface area contributed by atoms with Crippen molar-refractivity contribution in [2.24, 2.45) is 5.92 Å². The number of para-hydroxylation sites is 1. The minimum Gasteiger partial charge on any atom is -0.354 e. The molecule has 0 saturated heterocycles. The van der Waals surface area contributed by atoms with Crippen LogP contribution in [0.25, 0.3) is 0 Å². The Morgan fingerprint density at radius 2 is 1.51 bits per heavy atom. The zero-order chi connectivity index (χ0) is 26.3. The van der Waals surface area contributed by atoms with E-state index < -0.39 is 28.7 Å². The number of nitrogens with one attached hydrogen (secondary N) is 1. The monoisotopic (exact) mass is 542 g/mol. The molecule has 8 nitrogen and oxygen atoms in total. The zero-order valence-corrected chi connectivity index (χ0v) is 22.9. The maximum Gasteiger partial charge on any atom is 0.304 e. The molecule has 35 heavy (non-hydrogen) atoms. The van der Waals surface area contributed by atoms with E-state index in [0.717, 1.165) is 8.61 Å². The first-order valence-corrected chi connectivity index (χ1v) is 13.3. The first kappa shape index (κ1) is 28.9. The molecule has 2 amide bonds. The van der Waals surface area contributed by atoms with Crippen LogP contribution in [-0.4, -0.2) is 62.7 Å². The summed E-state index contributed by atoms with van der Waals surface area (Å²) in [6.45, 7) is 5.35. The molecule has 1 atom stereocenters. The lowest BCUT2D eigenvalue weighted by Crippen LogP contribution is -2.52. The average Bonchev–Trinajstić information content (AvgIpc) is 2.80. The van der Waals surface area contributed by atoms with Gasteiger partial charge in [-0.3, -0.25) is 9.59 Å². The lowest BCUT2D eigenvalue weighted by molar-refractivity contribution is -0.139. The summed E-state index contributed by atoms with van der Waals surface area (Å²) in [5.74, 6) is -0.730. The Kier molecular flexibility index (Phi) is 10.4. The van der Waals surface area contributed by atoms with Crippen molar-refractivity contribution in [1.82, 2.24) is 14.5 Å². The largest absolute Gasteiger partial charge is 0.354 e. The van der Waals surface area contributed by atoms with E-state index in [4.69, 9.17) is 23.2 Å². The summed E-state index contributed by atoms with van der Waals surface area (Å²) >= 11 is 12.7. The summed E-state index contributed by atoms with van der Waals surface area (Å²) in [4.78, 5) is 27.8. The Bertz CT molecular complexity index is 1110. The Balaban J connectivity index is 2.46. The first-order valence-electron chi connectivity index (χ1n) is 11.1. The molecule has 0 saturated carbocycles. The van der Waals surface area contributed by atoms with Gasteiger partial charge in [0, 0.05) is 42.8 Å². The van der Waals surface area contributed by atoms with Gasteiger partial charge in [-0.2, -0.15) is 12.7 Å². The fraction of sp³-hybridized carbons (Fsp3) is 0.417. The molecule has 0 radical (unpaired) electrons. The Labute approximate surface area is 218 Å². The quantitative estimate of drug-likeness (QED) is 0.467. The molecule has 0 spiro atoms. The van der Waals surface area contributed by atoms with Gasteiger partial charge in [-0.15, -0.1) is 0 Å². The molecule has 0 bridgehead atoms. The third kappa shape index (κ3) is 7.57. The molecule has 0 aromatic heterocycles. The van der Waals surface area contributed by atoms with Crippen LogP contribution in [0, 0.1) is 5.92 Å². The second kappa shape index (κ2) is 12.6. The number of anilines is 1. The standard InChI is InChI=1S/C24H32Cl2N4O4S/c1-17(2)14-27-24(32)18(3)29(15-20-21(25)12-9-13-22(20)26)23(31)16-30(35(33,34)28(4)5)19-10-7-6-8-11-19/h6-13,17-18H,14-16H2,1-5H3,(H,27,32)/t18-/m0/s1. The smallest absolute Gasteiger partial charge is 0.304 e. The second-order valence-corrected chi connectivity index (χ2v) is 11.6. The van der Waals surface area contributed by atoms with Gasteiger partial charge >= 0.3 is 10.2 Å². The van der Waals surface area contributed by atoms with Crippen LogP contribution in [0.1, 0.15) is 26.3 Å². The van der Waals surface area contributed by atoms with Crippen LogP contribution in [0.3, 0.4) is 0 Å². The highest BCUT2D eigenvalue weighted by Crippen LogP contribution is 2.27. The summed E-state index contributed by atoms with van der Waals surface area (Å²) in [5.41, 5.74) is 0.789. The van der Waals surface area contributed by atoms with Crippen LogP contribution in [-0.2, 0) is 26.3 Å². The Morgan fingerprint density at radius 3 is 2.03 bits per heavy atom. The van der Waals surface area contributed by atoms with Gasteiger partial charge in [-0.25, -0.2) is 4.31 Å². The molecular formula is C24H32Cl2N4O4S. The minimum absolute atomic E-state index is 0.0712. The summed E-state index contributed by atoms with van der Waals surface area (Å²) in [6, 6.07) is 12.4. The van der Waals surface area contributed by atoms with E-state index in [1.807, 2.05) is 13.8 Å². The summed E-state index contributed by atoms with van der Waals surface area (Å²) < 4.78 is 28.2. The Hall–Kier alpha value is -2.33. The van der Waals surface area contributed by atoms with Crippen molar-refractivity contribution in [2.75, 3.05) is 31.5 Å². The molecule has 1 N–H and O–H groups in total. The van der Waals surface area contributed by atoms with E-state index in [0.29, 0.717) is 27.8 Å². The zero-order valence-electron chi connectivity index (χ0n) is 20.5. The molecule has 2 aromatic carbocycles. The summed E-state index contributed by atoms with van der Waals surface area (Å²) in [5, 5.41) is 3.50. The van der Waals surface area contributed by atoms with Gasteiger partial charge in [0.2, 0.25) is 11.8 Å². The van der Waals surface area contributed by atoms with E-state index in [1.165, 1.54) is 19.0 Å². The number of hydrogen-bond donors (Lipinski definition) is 1. The average molecular weight is 544 g/mol. The lowest BCUT2D eigenvalue weighted by Gasteiger charge is -2.33. The van der Waals surface area contributed by atoms with E-state index in [9.17, 15) is 18.0 Å². The van der Waals surface area contributed by atoms with Crippen molar-refractivity contribution in [3.63, 3.8) is 0 Å². The van der Waals surface area contributed by atoms with Crippen LogP contribution in [0.4, 0.5) is 5.69 Å². The fourth-order valence-electron chi connectivity index (χ4n) is 3.20. The van der Waals surface area contributed by atoms with Gasteiger partial charge in [0.15, 0.2) is 0 Å². The highest BCUT2D eigenvalue weighted by atomic mass is 35.5. The Morgan fingerprint density at radius 1 is 0.943 bits per heavy atom. The molecular weight excluding hydrogens is 511 g/mol. The molecule has 0 aliphatic rings. The van der Waals surface area contributed by atoms with Crippen LogP contribution in [0.2, 0.25) is 10.0 Å². The third-order valence-electron chi connectivity index (χ3n) is 5.30. The number of halogens is 2. The van der Waals surface area contributed by atoms with Crippen LogP contribution >= 0.6 is 23.2 Å². The van der Waals surface area contributed by atoms with Crippen molar-refractivity contribution in [2.45, 2.75) is 33.4 Å². The molecule has 0 aliphatic carbocycles. The van der Waals surface area contributed by atoms with Crippen molar-refractivity contribution in [3.05, 3.63) is 64.1 Å². The van der Waals surface area contributed by atoms with Gasteiger partial charge in [-0.05, 0) is 37.1 Å². The van der Waals surface area contributed by atoms with E-state index in [1.54, 1.807) is 55.5 Å². The maximum absolute atomic E-state index is 13.6. The number of nitrogens with zero attached hydrogens (tertiary/aromatic N) is 3. The summed E-state index contributed by atoms with van der Waals surface area (Å²) in [6.07, 6.45) is 0. The number of carbonyl (C=O) groups is 2. The second-order valence-electron chi connectivity index (χ2n) is 8.67. The van der Waals surface area contributed by atoms with E-state index in [-0.39, 0.29) is 18.4 Å². The molecule has 2 rings (SSSR count). The number of amides is 2. The molecule has 2 aromatic rings. The van der Waals surface area contributed by atoms with Crippen LogP contribution in [0.5, 0.6) is 0 Å². The van der Waals surface area contributed by atoms with Crippen molar-refractivity contribution in [3.8, 4) is 0 Å². The van der Waals surface area contributed by atoms with E-state index >= 15 is 0 Å². The molecule has 0 unspecified atom stereocenters. The van der Waals surface area contributed by atoms with Gasteiger partial charge < -0.3 is 10.2 Å². The van der Waals surface area contributed by atoms with Gasteiger partial charge in [0.05, 0.1) is 5.69 Å². The van der Waals surface area contributed by atoms with Gasteiger partial charge in [0.1, 0.15) is 12.6 Å². The van der Waals surface area contributed by atoms with Crippen LogP contribution < -0.4 is 9.62 Å². The number of carbonyl (C=O) groups excluding carboxylic acids is 2. The van der Waals surface area contributed by atoms with Crippen LogP contribution in [0.15, 0.2) is 48.5 Å². The van der Waals surface area contributed by atoms with Gasteiger partial charge in [-0.1, -0.05) is 61.3 Å². The SMILES string of the molecule is CC(C)CNC(=O)[C@H](C)N(Cc1c(Cl)cccc1Cl)C(=O)CN(c1ccccc1)S(=O)(=O)N(C)C. The normalized spacial score (nSPS) is 12.5. The van der Waals surface area contributed by atoms with Gasteiger partial charge in [0.25, 0.3) is 0 Å². The third-order valence-corrected chi connectivity index (χ3v) is 7.83. The van der Waals surface area contributed by atoms with Crippen molar-refractivity contribution in [1.29, 1.82) is 0 Å². The molecule has 0 heterocycles. The predicted molar refractivity (Wildman–Crippen MR) is 141 cm³/mol. The molecule has 0 fully saturated rings. The molecule has 192 valence electrons. The topological polar surface area (TPSA) is 90.0 Å². The number of rotatable bonds is 11. The lowest BCUT2D eigenvalue weighted by atomic mass is 10.1. The first-order chi connectivity index (χ1) is 16.4. The maximum atomic E-state index is 13.6. The summed E-state index contributed by atoms with van der Waals surface area (Å²) in [7, 11) is -1.23. The number of hydrogen-bond acceptors (Lipinski definition) is 4.